The van der Waals surface area contributed by atoms with E-state index >= 15 is 0 Å². The van der Waals surface area contributed by atoms with E-state index in [1.165, 1.54) is 26.5 Å². The van der Waals surface area contributed by atoms with Crippen molar-refractivity contribution in [3.63, 3.8) is 0 Å². The highest BCUT2D eigenvalue weighted by atomic mass is 79.9. The van der Waals surface area contributed by atoms with Crippen molar-refractivity contribution >= 4 is 27.5 Å². The lowest BCUT2D eigenvalue weighted by Crippen LogP contribution is -2.19. The first kappa shape index (κ1) is 15.1. The van der Waals surface area contributed by atoms with Gasteiger partial charge in [0, 0.05) is 22.3 Å². The van der Waals surface area contributed by atoms with Crippen molar-refractivity contribution < 1.29 is 14.3 Å². The molecule has 2 aromatic rings. The predicted molar refractivity (Wildman–Crippen MR) is 82.3 cm³/mol. The summed E-state index contributed by atoms with van der Waals surface area (Å²) in [6, 6.07) is 6.30. The van der Waals surface area contributed by atoms with Gasteiger partial charge in [-0.15, -0.1) is 0 Å². The molecule has 0 saturated carbocycles. The van der Waals surface area contributed by atoms with Crippen molar-refractivity contribution in [1.82, 2.24) is 4.98 Å². The lowest BCUT2D eigenvalue weighted by atomic mass is 10.2. The average Bonchev–Trinajstić information content (AvgIpc) is 2.50. The van der Waals surface area contributed by atoms with Crippen LogP contribution in [0.5, 0.6) is 11.5 Å². The van der Waals surface area contributed by atoms with Crippen LogP contribution in [0.3, 0.4) is 0 Å². The van der Waals surface area contributed by atoms with Gasteiger partial charge in [-0.3, -0.25) is 9.59 Å². The number of carbonyl (C=O) groups excluding carboxylic acids is 1. The molecule has 0 aliphatic heterocycles. The molecule has 1 heterocycles. The maximum Gasteiger partial charge on any atom is 0.271 e. The first-order chi connectivity index (χ1) is 10.0. The maximum atomic E-state index is 12.2. The molecule has 0 atom stereocenters. The zero-order valence-electron chi connectivity index (χ0n) is 11.4. The molecule has 110 valence electrons. The third kappa shape index (κ3) is 3.63. The fraction of sp³-hybridized carbons (Fsp3) is 0.143. The second kappa shape index (κ2) is 6.45. The Balaban J connectivity index is 2.32. The molecule has 0 radical (unpaired) electrons. The lowest BCUT2D eigenvalue weighted by molar-refractivity contribution is 0.102. The fourth-order valence-corrected chi connectivity index (χ4v) is 2.03. The largest absolute Gasteiger partial charge is 0.497 e. The predicted octanol–water partition coefficient (Wildman–Crippen LogP) is 2.41. The zero-order valence-corrected chi connectivity index (χ0v) is 13.0. The van der Waals surface area contributed by atoms with Crippen LogP contribution in [0.25, 0.3) is 0 Å². The molecule has 0 saturated heterocycles. The number of aromatic amines is 1. The van der Waals surface area contributed by atoms with Crippen LogP contribution in [0, 0.1) is 0 Å². The number of anilines is 1. The summed E-state index contributed by atoms with van der Waals surface area (Å²) in [5, 5.41) is 2.55. The summed E-state index contributed by atoms with van der Waals surface area (Å²) in [6.07, 6.45) is 1.49. The molecule has 2 rings (SSSR count). The van der Waals surface area contributed by atoms with Gasteiger partial charge >= 0.3 is 0 Å². The van der Waals surface area contributed by atoms with Crippen LogP contribution in [-0.2, 0) is 0 Å². The molecular weight excluding hydrogens is 340 g/mol. The minimum atomic E-state index is -0.434. The summed E-state index contributed by atoms with van der Waals surface area (Å²) in [6.45, 7) is 0. The number of hydrogen-bond donors (Lipinski definition) is 2. The summed E-state index contributed by atoms with van der Waals surface area (Å²) in [5.74, 6) is 0.543. The molecule has 0 unspecified atom stereocenters. The molecule has 0 spiro atoms. The van der Waals surface area contributed by atoms with Crippen LogP contribution >= 0.6 is 15.9 Å². The fourth-order valence-electron chi connectivity index (χ4n) is 1.68. The highest BCUT2D eigenvalue weighted by Gasteiger charge is 2.12. The molecule has 1 amide bonds. The second-order valence-electron chi connectivity index (χ2n) is 4.12. The molecule has 7 heteroatoms. The van der Waals surface area contributed by atoms with E-state index in [2.05, 4.69) is 26.2 Å². The number of carbonyl (C=O) groups is 1. The third-order valence-corrected chi connectivity index (χ3v) is 3.19. The molecule has 1 aromatic carbocycles. The lowest BCUT2D eigenvalue weighted by Gasteiger charge is -2.09. The Morgan fingerprint density at radius 3 is 2.33 bits per heavy atom. The van der Waals surface area contributed by atoms with Gasteiger partial charge in [-0.05, 0) is 34.1 Å². The quantitative estimate of drug-likeness (QED) is 0.885. The van der Waals surface area contributed by atoms with Gasteiger partial charge in [0.1, 0.15) is 17.2 Å². The van der Waals surface area contributed by atoms with Crippen LogP contribution in [0.4, 0.5) is 5.69 Å². The molecule has 0 aliphatic rings. The van der Waals surface area contributed by atoms with Crippen LogP contribution in [0.2, 0.25) is 0 Å². The number of aromatic nitrogens is 1. The van der Waals surface area contributed by atoms with Gasteiger partial charge < -0.3 is 19.8 Å². The summed E-state index contributed by atoms with van der Waals surface area (Å²) < 4.78 is 10.9. The van der Waals surface area contributed by atoms with Crippen LogP contribution in [-0.4, -0.2) is 25.1 Å². The van der Waals surface area contributed by atoms with Crippen LogP contribution in [0.1, 0.15) is 10.4 Å². The van der Waals surface area contributed by atoms with Crippen LogP contribution in [0.15, 0.2) is 39.7 Å². The second-order valence-corrected chi connectivity index (χ2v) is 5.03. The van der Waals surface area contributed by atoms with E-state index in [0.29, 0.717) is 21.5 Å². The van der Waals surface area contributed by atoms with Crippen LogP contribution < -0.4 is 20.3 Å². The summed E-state index contributed by atoms with van der Waals surface area (Å²) in [7, 11) is 2.99. The van der Waals surface area contributed by atoms with E-state index < -0.39 is 5.91 Å². The Kier molecular flexibility index (Phi) is 4.64. The Bertz CT molecular complexity index is 705. The van der Waals surface area contributed by atoms with E-state index in [0.717, 1.165) is 0 Å². The van der Waals surface area contributed by atoms with E-state index in [1.54, 1.807) is 18.2 Å². The van der Waals surface area contributed by atoms with E-state index in [1.807, 2.05) is 0 Å². The number of benzene rings is 1. The van der Waals surface area contributed by atoms with Gasteiger partial charge in [-0.1, -0.05) is 0 Å². The molecule has 0 aliphatic carbocycles. The van der Waals surface area contributed by atoms with E-state index in [4.69, 9.17) is 9.47 Å². The van der Waals surface area contributed by atoms with E-state index in [9.17, 15) is 9.59 Å². The number of halogens is 1. The smallest absolute Gasteiger partial charge is 0.271 e. The minimum absolute atomic E-state index is 0.149. The number of H-pyrrole nitrogens is 1. The first-order valence-corrected chi connectivity index (χ1v) is 6.75. The molecule has 21 heavy (non-hydrogen) atoms. The number of nitrogens with one attached hydrogen (secondary N) is 2. The highest BCUT2D eigenvalue weighted by molar-refractivity contribution is 9.10. The van der Waals surface area contributed by atoms with Crippen molar-refractivity contribution in [1.29, 1.82) is 0 Å². The Morgan fingerprint density at radius 2 is 1.76 bits per heavy atom. The molecule has 0 bridgehead atoms. The monoisotopic (exact) mass is 352 g/mol. The minimum Gasteiger partial charge on any atom is -0.497 e. The maximum absolute atomic E-state index is 12.2. The Labute approximate surface area is 129 Å². The summed E-state index contributed by atoms with van der Waals surface area (Å²) in [5.41, 5.74) is 0.0862. The molecular formula is C14H13BrN2O4. The number of amides is 1. The van der Waals surface area contributed by atoms with Crippen molar-refractivity contribution in [2.75, 3.05) is 19.5 Å². The number of methoxy groups -OCH3 is 2. The van der Waals surface area contributed by atoms with Gasteiger partial charge in [0.05, 0.1) is 14.2 Å². The van der Waals surface area contributed by atoms with Gasteiger partial charge in [-0.25, -0.2) is 0 Å². The number of ether oxygens (including phenoxy) is 2. The molecule has 2 N–H and O–H groups in total. The van der Waals surface area contributed by atoms with Gasteiger partial charge in [-0.2, -0.15) is 0 Å². The number of hydrogen-bond acceptors (Lipinski definition) is 4. The number of rotatable bonds is 4. The topological polar surface area (TPSA) is 80.4 Å². The molecule has 6 nitrogen and oxygen atoms in total. The van der Waals surface area contributed by atoms with Crippen molar-refractivity contribution in [2.24, 2.45) is 0 Å². The summed E-state index contributed by atoms with van der Waals surface area (Å²) in [4.78, 5) is 26.4. The average molecular weight is 353 g/mol. The van der Waals surface area contributed by atoms with Gasteiger partial charge in [0.25, 0.3) is 11.5 Å². The third-order valence-electron chi connectivity index (χ3n) is 2.73. The first-order valence-electron chi connectivity index (χ1n) is 5.96. The normalized spacial score (nSPS) is 10.0. The number of pyridine rings is 1. The SMILES string of the molecule is COc1cc(OC)cc(C(=O)Nc2cc(Br)c[nH]c2=O)c1. The van der Waals surface area contributed by atoms with Crippen molar-refractivity contribution in [3.8, 4) is 11.5 Å². The van der Waals surface area contributed by atoms with Gasteiger partial charge in [0.15, 0.2) is 0 Å². The molecule has 0 fully saturated rings. The van der Waals surface area contributed by atoms with Crippen molar-refractivity contribution in [2.45, 2.75) is 0 Å². The standard InChI is InChI=1S/C14H13BrN2O4/c1-20-10-3-8(4-11(6-10)21-2)13(18)17-12-5-9(15)7-16-14(12)19/h3-7H,1-2H3,(H,16,19)(H,17,18). The Morgan fingerprint density at radius 1 is 1.14 bits per heavy atom. The highest BCUT2D eigenvalue weighted by Crippen LogP contribution is 2.23. The van der Waals surface area contributed by atoms with E-state index in [-0.39, 0.29) is 11.2 Å². The van der Waals surface area contributed by atoms with Gasteiger partial charge in [0.2, 0.25) is 0 Å². The van der Waals surface area contributed by atoms with Crippen molar-refractivity contribution in [3.05, 3.63) is 50.9 Å². The Hall–Kier alpha value is -2.28. The summed E-state index contributed by atoms with van der Waals surface area (Å²) >= 11 is 3.23. The zero-order chi connectivity index (χ0) is 15.4. The molecule has 1 aromatic heterocycles.